The second-order valence-electron chi connectivity index (χ2n) is 3.16. The number of hydrogen-bond acceptors (Lipinski definition) is 1. The molecule has 1 heterocycles. The van der Waals surface area contributed by atoms with Gasteiger partial charge in [0.15, 0.2) is 6.17 Å². The lowest BCUT2D eigenvalue weighted by Crippen LogP contribution is -2.20. The number of rotatable bonds is 1. The molecule has 1 aromatic rings. The van der Waals surface area contributed by atoms with Gasteiger partial charge < -0.3 is 5.32 Å². The zero-order valence-corrected chi connectivity index (χ0v) is 7.03. The van der Waals surface area contributed by atoms with Crippen LogP contribution in [0.15, 0.2) is 30.3 Å². The highest BCUT2D eigenvalue weighted by Gasteiger charge is 2.35. The Hall–Kier alpha value is -1.38. The predicted molar refractivity (Wildman–Crippen MR) is 47.1 cm³/mol. The van der Waals surface area contributed by atoms with Crippen LogP contribution in [-0.2, 0) is 4.79 Å². The van der Waals surface area contributed by atoms with Crippen molar-refractivity contribution in [1.82, 2.24) is 5.32 Å². The molecular formula is C10H10FNO. The minimum absolute atomic E-state index is 0.311. The van der Waals surface area contributed by atoms with Crippen LogP contribution in [0, 0.1) is 0 Å². The fourth-order valence-corrected chi connectivity index (χ4v) is 1.58. The third-order valence-corrected chi connectivity index (χ3v) is 2.33. The van der Waals surface area contributed by atoms with E-state index >= 15 is 0 Å². The van der Waals surface area contributed by atoms with Gasteiger partial charge in [-0.3, -0.25) is 4.79 Å². The van der Waals surface area contributed by atoms with Crippen molar-refractivity contribution in [3.8, 4) is 0 Å². The van der Waals surface area contributed by atoms with E-state index in [9.17, 15) is 9.18 Å². The van der Waals surface area contributed by atoms with Gasteiger partial charge in [0.2, 0.25) is 0 Å². The zero-order valence-electron chi connectivity index (χ0n) is 7.03. The first-order valence-corrected chi connectivity index (χ1v) is 4.26. The van der Waals surface area contributed by atoms with Crippen LogP contribution in [0.25, 0.3) is 0 Å². The van der Waals surface area contributed by atoms with Crippen LogP contribution in [0.2, 0.25) is 0 Å². The van der Waals surface area contributed by atoms with E-state index in [-0.39, 0.29) is 5.92 Å². The lowest BCUT2D eigenvalue weighted by molar-refractivity contribution is -0.123. The molecule has 0 radical (unpaired) electrons. The molecule has 0 unspecified atom stereocenters. The van der Waals surface area contributed by atoms with E-state index in [0.717, 1.165) is 5.56 Å². The summed E-state index contributed by atoms with van der Waals surface area (Å²) >= 11 is 0. The molecule has 1 amide bonds. The van der Waals surface area contributed by atoms with Crippen LogP contribution in [0.5, 0.6) is 0 Å². The van der Waals surface area contributed by atoms with Gasteiger partial charge in [0.05, 0.1) is 0 Å². The predicted octanol–water partition coefficient (Wildman–Crippen LogP) is 1.24. The molecule has 13 heavy (non-hydrogen) atoms. The SMILES string of the molecule is O=C1NC[C@@H](c2ccccc2)[C@H]1F. The van der Waals surface area contributed by atoms with Crippen molar-refractivity contribution in [2.75, 3.05) is 6.54 Å². The van der Waals surface area contributed by atoms with Gasteiger partial charge in [0, 0.05) is 12.5 Å². The van der Waals surface area contributed by atoms with Crippen LogP contribution in [0.4, 0.5) is 4.39 Å². The highest BCUT2D eigenvalue weighted by molar-refractivity contribution is 5.84. The summed E-state index contributed by atoms with van der Waals surface area (Å²) in [7, 11) is 0. The number of nitrogens with one attached hydrogen (secondary N) is 1. The van der Waals surface area contributed by atoms with Crippen LogP contribution < -0.4 is 5.32 Å². The topological polar surface area (TPSA) is 29.1 Å². The third kappa shape index (κ3) is 1.41. The Balaban J connectivity index is 2.24. The molecule has 2 nitrogen and oxygen atoms in total. The van der Waals surface area contributed by atoms with Crippen LogP contribution in [-0.4, -0.2) is 18.6 Å². The summed E-state index contributed by atoms with van der Waals surface area (Å²) in [5, 5.41) is 2.50. The molecule has 0 aromatic heterocycles. The van der Waals surface area contributed by atoms with Gasteiger partial charge in [-0.2, -0.15) is 0 Å². The van der Waals surface area contributed by atoms with Crippen molar-refractivity contribution in [3.63, 3.8) is 0 Å². The van der Waals surface area contributed by atoms with Crippen molar-refractivity contribution < 1.29 is 9.18 Å². The summed E-state index contributed by atoms with van der Waals surface area (Å²) in [6.07, 6.45) is -1.39. The zero-order chi connectivity index (χ0) is 9.26. The molecule has 2 atom stereocenters. The Morgan fingerprint density at radius 3 is 2.54 bits per heavy atom. The fourth-order valence-electron chi connectivity index (χ4n) is 1.58. The average Bonchev–Trinajstić information content (AvgIpc) is 2.49. The molecule has 1 fully saturated rings. The van der Waals surface area contributed by atoms with Gasteiger partial charge >= 0.3 is 0 Å². The van der Waals surface area contributed by atoms with Gasteiger partial charge in [-0.15, -0.1) is 0 Å². The van der Waals surface area contributed by atoms with Crippen LogP contribution in [0.1, 0.15) is 11.5 Å². The summed E-state index contributed by atoms with van der Waals surface area (Å²) in [4.78, 5) is 10.9. The van der Waals surface area contributed by atoms with E-state index in [0.29, 0.717) is 6.54 Å². The Morgan fingerprint density at radius 2 is 2.00 bits per heavy atom. The molecule has 1 aliphatic rings. The van der Waals surface area contributed by atoms with Crippen molar-refractivity contribution >= 4 is 5.91 Å². The third-order valence-electron chi connectivity index (χ3n) is 2.33. The molecular weight excluding hydrogens is 169 g/mol. The smallest absolute Gasteiger partial charge is 0.255 e. The van der Waals surface area contributed by atoms with Crippen LogP contribution >= 0.6 is 0 Å². The molecule has 68 valence electrons. The number of amides is 1. The number of alkyl halides is 1. The maximum Gasteiger partial charge on any atom is 0.255 e. The molecule has 0 bridgehead atoms. The highest BCUT2D eigenvalue weighted by atomic mass is 19.1. The van der Waals surface area contributed by atoms with Crippen molar-refractivity contribution in [2.24, 2.45) is 0 Å². The first-order chi connectivity index (χ1) is 6.29. The quantitative estimate of drug-likeness (QED) is 0.690. The first kappa shape index (κ1) is 8.23. The van der Waals surface area contributed by atoms with Crippen LogP contribution in [0.3, 0.4) is 0 Å². The molecule has 3 heteroatoms. The molecule has 1 N–H and O–H groups in total. The highest BCUT2D eigenvalue weighted by Crippen LogP contribution is 2.25. The van der Waals surface area contributed by atoms with E-state index in [2.05, 4.69) is 5.32 Å². The second-order valence-corrected chi connectivity index (χ2v) is 3.16. The maximum absolute atomic E-state index is 13.3. The summed E-state index contributed by atoms with van der Waals surface area (Å²) in [5.74, 6) is -0.803. The number of carbonyl (C=O) groups is 1. The normalized spacial score (nSPS) is 27.3. The lowest BCUT2D eigenvalue weighted by atomic mass is 9.97. The Bertz CT molecular complexity index is 312. The fraction of sp³-hybridized carbons (Fsp3) is 0.300. The average molecular weight is 179 g/mol. The summed E-state index contributed by atoms with van der Waals surface area (Å²) < 4.78 is 13.3. The Labute approximate surface area is 75.8 Å². The summed E-state index contributed by atoms with van der Waals surface area (Å²) in [6, 6.07) is 9.27. The van der Waals surface area contributed by atoms with E-state index in [1.807, 2.05) is 30.3 Å². The van der Waals surface area contributed by atoms with Gasteiger partial charge in [-0.25, -0.2) is 4.39 Å². The minimum Gasteiger partial charge on any atom is -0.353 e. The van der Waals surface area contributed by atoms with Crippen molar-refractivity contribution in [3.05, 3.63) is 35.9 Å². The van der Waals surface area contributed by atoms with Gasteiger partial charge in [-0.1, -0.05) is 30.3 Å². The molecule has 2 rings (SSSR count). The lowest BCUT2D eigenvalue weighted by Gasteiger charge is -2.09. The molecule has 0 spiro atoms. The van der Waals surface area contributed by atoms with Gasteiger partial charge in [0.25, 0.3) is 5.91 Å². The van der Waals surface area contributed by atoms with E-state index in [4.69, 9.17) is 0 Å². The number of hydrogen-bond donors (Lipinski definition) is 1. The van der Waals surface area contributed by atoms with E-state index < -0.39 is 12.1 Å². The maximum atomic E-state index is 13.3. The van der Waals surface area contributed by atoms with Gasteiger partial charge in [-0.05, 0) is 5.56 Å². The first-order valence-electron chi connectivity index (χ1n) is 4.26. The monoisotopic (exact) mass is 179 g/mol. The number of carbonyl (C=O) groups excluding carboxylic acids is 1. The summed E-state index contributed by atoms with van der Waals surface area (Å²) in [6.45, 7) is 0.407. The number of benzene rings is 1. The Kier molecular flexibility index (Phi) is 2.00. The molecule has 0 saturated carbocycles. The van der Waals surface area contributed by atoms with Gasteiger partial charge in [0.1, 0.15) is 0 Å². The van der Waals surface area contributed by atoms with Crippen molar-refractivity contribution in [2.45, 2.75) is 12.1 Å². The number of halogens is 1. The standard InChI is InChI=1S/C10H10FNO/c11-9-8(6-12-10(9)13)7-4-2-1-3-5-7/h1-5,8-9H,6H2,(H,12,13)/t8-,9+/m0/s1. The van der Waals surface area contributed by atoms with E-state index in [1.165, 1.54) is 0 Å². The molecule has 1 aromatic carbocycles. The molecule has 1 aliphatic heterocycles. The Morgan fingerprint density at radius 1 is 1.31 bits per heavy atom. The molecule has 0 aliphatic carbocycles. The van der Waals surface area contributed by atoms with E-state index in [1.54, 1.807) is 0 Å². The minimum atomic E-state index is -1.39. The van der Waals surface area contributed by atoms with Crippen molar-refractivity contribution in [1.29, 1.82) is 0 Å². The molecule has 1 saturated heterocycles. The largest absolute Gasteiger partial charge is 0.353 e. The summed E-state index contributed by atoms with van der Waals surface area (Å²) in [5.41, 5.74) is 0.883. The second kappa shape index (κ2) is 3.17.